The van der Waals surface area contributed by atoms with Gasteiger partial charge in [-0.1, -0.05) is 15.9 Å². The molecule has 0 saturated carbocycles. The molecule has 0 aliphatic carbocycles. The van der Waals surface area contributed by atoms with E-state index in [9.17, 15) is 4.39 Å². The smallest absolute Gasteiger partial charge is 0.222 e. The van der Waals surface area contributed by atoms with Gasteiger partial charge in [0.15, 0.2) is 0 Å². The van der Waals surface area contributed by atoms with Crippen LogP contribution in [0.5, 0.6) is 11.6 Å². The number of hydrogen-bond donors (Lipinski definition) is 0. The number of aryl methyl sites for hydroxylation is 1. The van der Waals surface area contributed by atoms with Crippen LogP contribution in [0.4, 0.5) is 4.39 Å². The maximum atomic E-state index is 13.0. The third-order valence-electron chi connectivity index (χ3n) is 2.34. The van der Waals surface area contributed by atoms with Crippen molar-refractivity contribution in [2.75, 3.05) is 0 Å². The van der Waals surface area contributed by atoms with Crippen molar-refractivity contribution in [3.05, 3.63) is 51.9 Å². The summed E-state index contributed by atoms with van der Waals surface area (Å²) in [5.74, 6) is 0.749. The van der Waals surface area contributed by atoms with E-state index < -0.39 is 0 Å². The third kappa shape index (κ3) is 3.09. The number of rotatable bonds is 3. The zero-order valence-corrected chi connectivity index (χ0v) is 12.8. The number of nitrogens with zero attached hydrogens (tertiary/aromatic N) is 1. The van der Waals surface area contributed by atoms with Crippen molar-refractivity contribution < 1.29 is 9.13 Å². The minimum Gasteiger partial charge on any atom is -0.438 e. The van der Waals surface area contributed by atoms with Crippen LogP contribution in [0.15, 0.2) is 34.9 Å². The third-order valence-corrected chi connectivity index (χ3v) is 3.61. The highest BCUT2D eigenvalue weighted by Gasteiger charge is 2.08. The summed E-state index contributed by atoms with van der Waals surface area (Å²) in [7, 11) is 0. The number of halogens is 3. The normalized spacial score (nSPS) is 10.4. The van der Waals surface area contributed by atoms with Crippen LogP contribution in [0.2, 0.25) is 0 Å². The second kappa shape index (κ2) is 5.80. The van der Waals surface area contributed by atoms with Gasteiger partial charge in [0.2, 0.25) is 5.88 Å². The molecule has 0 bridgehead atoms. The number of hydrogen-bond acceptors (Lipinski definition) is 2. The molecule has 0 spiro atoms. The van der Waals surface area contributed by atoms with Crippen LogP contribution in [0.1, 0.15) is 11.1 Å². The largest absolute Gasteiger partial charge is 0.438 e. The predicted octanol–water partition coefficient (Wildman–Crippen LogP) is 4.98. The molecule has 0 unspecified atom stereocenters. The maximum absolute atomic E-state index is 13.0. The minimum atomic E-state index is -0.312. The first-order chi connectivity index (χ1) is 8.60. The van der Waals surface area contributed by atoms with Crippen molar-refractivity contribution >= 4 is 31.9 Å². The highest BCUT2D eigenvalue weighted by atomic mass is 79.9. The van der Waals surface area contributed by atoms with Crippen molar-refractivity contribution in [1.29, 1.82) is 0 Å². The van der Waals surface area contributed by atoms with Crippen LogP contribution in [0.3, 0.4) is 0 Å². The zero-order valence-electron chi connectivity index (χ0n) is 9.58. The Balaban J connectivity index is 2.28. The van der Waals surface area contributed by atoms with Crippen molar-refractivity contribution in [3.8, 4) is 11.6 Å². The first kappa shape index (κ1) is 13.5. The van der Waals surface area contributed by atoms with Gasteiger partial charge in [-0.25, -0.2) is 9.37 Å². The summed E-state index contributed by atoms with van der Waals surface area (Å²) >= 11 is 6.63. The molecule has 0 N–H and O–H groups in total. The molecule has 94 valence electrons. The highest BCUT2D eigenvalue weighted by Crippen LogP contribution is 2.30. The Morgan fingerprint density at radius 1 is 1.33 bits per heavy atom. The lowest BCUT2D eigenvalue weighted by molar-refractivity contribution is 0.454. The lowest BCUT2D eigenvalue weighted by Gasteiger charge is -2.09. The van der Waals surface area contributed by atoms with Crippen LogP contribution < -0.4 is 4.74 Å². The summed E-state index contributed by atoms with van der Waals surface area (Å²) in [6.07, 6.45) is 1.74. The highest BCUT2D eigenvalue weighted by molar-refractivity contribution is 9.10. The van der Waals surface area contributed by atoms with Gasteiger partial charge < -0.3 is 4.74 Å². The molecule has 0 saturated heterocycles. The van der Waals surface area contributed by atoms with Gasteiger partial charge in [0, 0.05) is 17.1 Å². The van der Waals surface area contributed by atoms with Gasteiger partial charge in [-0.3, -0.25) is 0 Å². The number of alkyl halides is 1. The van der Waals surface area contributed by atoms with Crippen LogP contribution >= 0.6 is 31.9 Å². The fourth-order valence-electron chi connectivity index (χ4n) is 1.46. The van der Waals surface area contributed by atoms with Gasteiger partial charge in [-0.2, -0.15) is 0 Å². The van der Waals surface area contributed by atoms with Crippen LogP contribution in [-0.4, -0.2) is 4.98 Å². The Labute approximate surface area is 121 Å². The summed E-state index contributed by atoms with van der Waals surface area (Å²) < 4.78 is 19.2. The van der Waals surface area contributed by atoms with Gasteiger partial charge in [0.05, 0.1) is 4.47 Å². The maximum Gasteiger partial charge on any atom is 0.222 e. The second-order valence-electron chi connectivity index (χ2n) is 3.78. The first-order valence-electron chi connectivity index (χ1n) is 5.24. The first-order valence-corrected chi connectivity index (χ1v) is 7.16. The molecule has 1 heterocycles. The molecule has 2 nitrogen and oxygen atoms in total. The number of ether oxygens (including phenoxy) is 1. The van der Waals surface area contributed by atoms with Crippen molar-refractivity contribution in [2.24, 2.45) is 0 Å². The summed E-state index contributed by atoms with van der Waals surface area (Å²) in [5.41, 5.74) is 2.01. The average Bonchev–Trinajstić information content (AvgIpc) is 2.34. The van der Waals surface area contributed by atoms with E-state index in [0.29, 0.717) is 16.1 Å². The molecule has 0 amide bonds. The Morgan fingerprint density at radius 2 is 2.11 bits per heavy atom. The summed E-state index contributed by atoms with van der Waals surface area (Å²) in [5, 5.41) is 0.751. The van der Waals surface area contributed by atoms with E-state index >= 15 is 0 Å². The Kier molecular flexibility index (Phi) is 4.35. The average molecular weight is 375 g/mol. The van der Waals surface area contributed by atoms with E-state index in [1.807, 2.05) is 13.0 Å². The topological polar surface area (TPSA) is 22.1 Å². The number of benzene rings is 1. The molecule has 0 aliphatic heterocycles. The molecule has 0 atom stereocenters. The second-order valence-corrected chi connectivity index (χ2v) is 5.19. The molecule has 0 aliphatic rings. The van der Waals surface area contributed by atoms with Gasteiger partial charge in [-0.05, 0) is 52.7 Å². The summed E-state index contributed by atoms with van der Waals surface area (Å²) in [6.45, 7) is 1.92. The molecule has 0 radical (unpaired) electrons. The Bertz CT molecular complexity index is 575. The summed E-state index contributed by atoms with van der Waals surface area (Å²) in [6, 6.07) is 6.27. The van der Waals surface area contributed by atoms with E-state index in [0.717, 1.165) is 16.5 Å². The molecule has 5 heteroatoms. The minimum absolute atomic E-state index is 0.312. The lowest BCUT2D eigenvalue weighted by atomic mass is 10.2. The fraction of sp³-hybridized carbons (Fsp3) is 0.154. The van der Waals surface area contributed by atoms with Gasteiger partial charge in [-0.15, -0.1) is 0 Å². The lowest BCUT2D eigenvalue weighted by Crippen LogP contribution is -1.94. The fourth-order valence-corrected chi connectivity index (χ4v) is 2.20. The van der Waals surface area contributed by atoms with E-state index in [2.05, 4.69) is 36.8 Å². The van der Waals surface area contributed by atoms with Crippen LogP contribution in [0, 0.1) is 12.7 Å². The molecule has 1 aromatic carbocycles. The molecular weight excluding hydrogens is 365 g/mol. The quantitative estimate of drug-likeness (QED) is 0.707. The molecule has 2 aromatic rings. The van der Waals surface area contributed by atoms with Gasteiger partial charge in [0.1, 0.15) is 11.6 Å². The molecule has 1 aromatic heterocycles. The monoisotopic (exact) mass is 373 g/mol. The molecular formula is C13H10Br2FNO. The zero-order chi connectivity index (χ0) is 13.1. The summed E-state index contributed by atoms with van der Waals surface area (Å²) in [4.78, 5) is 4.24. The van der Waals surface area contributed by atoms with Crippen molar-refractivity contribution in [1.82, 2.24) is 4.98 Å². The molecule has 18 heavy (non-hydrogen) atoms. The number of aromatic nitrogens is 1. The Morgan fingerprint density at radius 3 is 2.72 bits per heavy atom. The van der Waals surface area contributed by atoms with Gasteiger partial charge >= 0.3 is 0 Å². The number of pyridine rings is 1. The van der Waals surface area contributed by atoms with E-state index in [-0.39, 0.29) is 5.82 Å². The van der Waals surface area contributed by atoms with E-state index in [1.165, 1.54) is 12.1 Å². The SMILES string of the molecule is Cc1cc(CBr)cnc1Oc1ccc(F)cc1Br. The van der Waals surface area contributed by atoms with Crippen molar-refractivity contribution in [3.63, 3.8) is 0 Å². The molecule has 0 fully saturated rings. The standard InChI is InChI=1S/C13H10Br2FNO/c1-8-4-9(6-14)7-17-13(8)18-12-3-2-10(16)5-11(12)15/h2-5,7H,6H2,1H3. The van der Waals surface area contributed by atoms with E-state index in [4.69, 9.17) is 4.74 Å². The van der Waals surface area contributed by atoms with Gasteiger partial charge in [0.25, 0.3) is 0 Å². The van der Waals surface area contributed by atoms with E-state index in [1.54, 1.807) is 12.3 Å². The Hall–Kier alpha value is -0.940. The van der Waals surface area contributed by atoms with Crippen LogP contribution in [0.25, 0.3) is 0 Å². The van der Waals surface area contributed by atoms with Crippen molar-refractivity contribution in [2.45, 2.75) is 12.3 Å². The molecule has 2 rings (SSSR count). The predicted molar refractivity (Wildman–Crippen MR) is 75.8 cm³/mol. The van der Waals surface area contributed by atoms with Crippen LogP contribution in [-0.2, 0) is 5.33 Å².